The highest BCUT2D eigenvalue weighted by molar-refractivity contribution is 7.91. The maximum Gasteiger partial charge on any atom is 0.261 e. The van der Waals surface area contributed by atoms with Crippen molar-refractivity contribution in [3.63, 3.8) is 0 Å². The molecule has 0 radical (unpaired) electrons. The van der Waals surface area contributed by atoms with Crippen LogP contribution in [0.2, 0.25) is 10.1 Å². The van der Waals surface area contributed by atoms with Crippen molar-refractivity contribution in [3.8, 4) is 0 Å². The molecule has 0 saturated carbocycles. The van der Waals surface area contributed by atoms with Crippen LogP contribution in [-0.2, 0) is 14.3 Å². The van der Waals surface area contributed by atoms with Gasteiger partial charge in [-0.05, 0) is 70.7 Å². The van der Waals surface area contributed by atoms with Gasteiger partial charge in [0.1, 0.15) is 11.6 Å². The summed E-state index contributed by atoms with van der Waals surface area (Å²) in [6, 6.07) is 29.7. The van der Waals surface area contributed by atoms with Gasteiger partial charge in [0.2, 0.25) is 0 Å². The van der Waals surface area contributed by atoms with E-state index < -0.39 is 35.0 Å². The molecule has 8 heteroatoms. The summed E-state index contributed by atoms with van der Waals surface area (Å²) in [4.78, 5) is 0.0317. The number of hydrogen-bond acceptors (Lipinski definition) is 3. The lowest BCUT2D eigenvalue weighted by Crippen LogP contribution is -2.66. The van der Waals surface area contributed by atoms with Gasteiger partial charge in [-0.25, -0.2) is 17.2 Å². The van der Waals surface area contributed by atoms with Crippen LogP contribution in [0.25, 0.3) is 0 Å². The lowest BCUT2D eigenvalue weighted by atomic mass is 10.0. The van der Waals surface area contributed by atoms with Gasteiger partial charge in [-0.15, -0.1) is 0 Å². The van der Waals surface area contributed by atoms with Crippen LogP contribution in [0.1, 0.15) is 63.7 Å². The minimum absolute atomic E-state index is 0.0317. The van der Waals surface area contributed by atoms with E-state index in [4.69, 9.17) is 16.0 Å². The Labute approximate surface area is 260 Å². The van der Waals surface area contributed by atoms with Crippen molar-refractivity contribution in [3.05, 3.63) is 125 Å². The molecular formula is C35H39ClF2O3SSi. The lowest BCUT2D eigenvalue weighted by Gasteiger charge is -2.43. The van der Waals surface area contributed by atoms with Crippen molar-refractivity contribution in [2.24, 2.45) is 0 Å². The predicted molar refractivity (Wildman–Crippen MR) is 174 cm³/mol. The second-order valence-electron chi connectivity index (χ2n) is 11.9. The first-order valence-electron chi connectivity index (χ1n) is 14.7. The Morgan fingerprint density at radius 1 is 0.767 bits per heavy atom. The van der Waals surface area contributed by atoms with Crippen molar-refractivity contribution in [1.29, 1.82) is 0 Å². The molecule has 0 aliphatic rings. The summed E-state index contributed by atoms with van der Waals surface area (Å²) in [6.45, 7) is 7.29. The molecule has 4 aromatic carbocycles. The van der Waals surface area contributed by atoms with Crippen molar-refractivity contribution in [1.82, 2.24) is 0 Å². The molecule has 0 heterocycles. The van der Waals surface area contributed by atoms with Gasteiger partial charge in [0.25, 0.3) is 8.32 Å². The summed E-state index contributed by atoms with van der Waals surface area (Å²) < 4.78 is 63.1. The Morgan fingerprint density at radius 3 is 1.88 bits per heavy atom. The first-order valence-corrected chi connectivity index (χ1v) is 18.5. The number of benzene rings is 4. The molecule has 4 rings (SSSR count). The average molecular weight is 641 g/mol. The average Bonchev–Trinajstić information content (AvgIpc) is 2.98. The molecule has 0 aromatic heterocycles. The number of halogens is 3. The molecule has 1 atom stereocenters. The minimum atomic E-state index is -3.99. The van der Waals surface area contributed by atoms with Crippen molar-refractivity contribution in [2.45, 2.75) is 68.1 Å². The van der Waals surface area contributed by atoms with Gasteiger partial charge in [0.05, 0.1) is 10.1 Å². The van der Waals surface area contributed by atoms with Crippen LogP contribution in [0, 0.1) is 11.6 Å². The fourth-order valence-electron chi connectivity index (χ4n) is 5.80. The van der Waals surface area contributed by atoms with Crippen LogP contribution in [0.5, 0.6) is 0 Å². The summed E-state index contributed by atoms with van der Waals surface area (Å²) in [7, 11) is -6.61. The number of rotatable bonds is 13. The monoisotopic (exact) mass is 640 g/mol. The summed E-state index contributed by atoms with van der Waals surface area (Å²) in [6.07, 6.45) is 3.05. The second kappa shape index (κ2) is 14.3. The van der Waals surface area contributed by atoms with E-state index in [1.807, 2.05) is 12.1 Å². The van der Waals surface area contributed by atoms with Crippen LogP contribution in [0.15, 0.2) is 108 Å². The van der Waals surface area contributed by atoms with E-state index in [0.29, 0.717) is 18.1 Å². The Bertz CT molecular complexity index is 1540. The topological polar surface area (TPSA) is 43.4 Å². The zero-order valence-corrected chi connectivity index (χ0v) is 27.5. The molecule has 0 bridgehead atoms. The third-order valence-corrected chi connectivity index (χ3v) is 15.4. The van der Waals surface area contributed by atoms with Crippen LogP contribution < -0.4 is 10.4 Å². The standard InChI is InChI=1S/C35H39ClF2O3SSi/c1-35(2,3)43(30-14-8-6-9-15-30,31-16-10-7-11-17-31)41-25-13-5-4-12-18-34(32-26-28(37)21-24-33(32)38)42(39,40)29-22-19-27(36)20-23-29/h6-11,14-17,19-24,26,34H,4-5,12-13,18,25H2,1-3H3. The highest BCUT2D eigenvalue weighted by atomic mass is 35.5. The fourth-order valence-corrected chi connectivity index (χ4v) is 12.4. The maximum atomic E-state index is 14.8. The van der Waals surface area contributed by atoms with Gasteiger partial charge < -0.3 is 4.43 Å². The molecule has 3 nitrogen and oxygen atoms in total. The molecule has 1 unspecified atom stereocenters. The largest absolute Gasteiger partial charge is 0.407 e. The van der Waals surface area contributed by atoms with E-state index in [1.165, 1.54) is 34.6 Å². The van der Waals surface area contributed by atoms with Crippen molar-refractivity contribution in [2.75, 3.05) is 6.61 Å². The quantitative estimate of drug-likeness (QED) is 0.108. The van der Waals surface area contributed by atoms with Gasteiger partial charge >= 0.3 is 0 Å². The van der Waals surface area contributed by atoms with E-state index in [9.17, 15) is 17.2 Å². The third-order valence-electron chi connectivity index (χ3n) is 7.92. The Hall–Kier alpha value is -2.84. The maximum absolute atomic E-state index is 14.8. The van der Waals surface area contributed by atoms with Crippen LogP contribution in [0.3, 0.4) is 0 Å². The van der Waals surface area contributed by atoms with Crippen LogP contribution in [-0.4, -0.2) is 23.3 Å². The van der Waals surface area contributed by atoms with Crippen LogP contribution in [0.4, 0.5) is 8.78 Å². The van der Waals surface area contributed by atoms with Gasteiger partial charge in [0.15, 0.2) is 9.84 Å². The van der Waals surface area contributed by atoms with E-state index >= 15 is 0 Å². The Kier molecular flexibility index (Phi) is 11.0. The second-order valence-corrected chi connectivity index (χ2v) is 18.7. The fraction of sp³-hybridized carbons (Fsp3) is 0.314. The van der Waals surface area contributed by atoms with Gasteiger partial charge in [-0.3, -0.25) is 0 Å². The SMILES string of the molecule is CC(C)(C)[Si](OCCCCCCC(c1cc(F)ccc1F)S(=O)(=O)c1ccc(Cl)cc1)(c1ccccc1)c1ccccc1. The van der Waals surface area contributed by atoms with Crippen LogP contribution >= 0.6 is 11.6 Å². The van der Waals surface area contributed by atoms with E-state index in [-0.39, 0.29) is 21.9 Å². The summed E-state index contributed by atoms with van der Waals surface area (Å²) in [5, 5.41) is 1.51. The summed E-state index contributed by atoms with van der Waals surface area (Å²) >= 11 is 5.96. The molecule has 0 amide bonds. The minimum Gasteiger partial charge on any atom is -0.407 e. The van der Waals surface area contributed by atoms with E-state index in [0.717, 1.165) is 37.5 Å². The van der Waals surface area contributed by atoms with Crippen molar-refractivity contribution >= 4 is 40.1 Å². The highest BCUT2D eigenvalue weighted by Crippen LogP contribution is 2.38. The lowest BCUT2D eigenvalue weighted by molar-refractivity contribution is 0.286. The van der Waals surface area contributed by atoms with Gasteiger partial charge in [-0.2, -0.15) is 0 Å². The number of sulfone groups is 1. The Morgan fingerprint density at radius 2 is 1.33 bits per heavy atom. The van der Waals surface area contributed by atoms with Gasteiger partial charge in [-0.1, -0.05) is 112 Å². The molecule has 0 aliphatic heterocycles. The van der Waals surface area contributed by atoms with Gasteiger partial charge in [0, 0.05) is 17.2 Å². The molecule has 4 aromatic rings. The molecule has 0 saturated heterocycles. The van der Waals surface area contributed by atoms with Crippen molar-refractivity contribution < 1.29 is 21.6 Å². The molecule has 0 spiro atoms. The van der Waals surface area contributed by atoms with E-state index in [2.05, 4.69) is 69.3 Å². The van der Waals surface area contributed by atoms with E-state index in [1.54, 1.807) is 0 Å². The molecule has 0 aliphatic carbocycles. The number of unbranched alkanes of at least 4 members (excludes halogenated alkanes) is 3. The summed E-state index contributed by atoms with van der Waals surface area (Å²) in [5.41, 5.74) is -0.148. The molecular weight excluding hydrogens is 602 g/mol. The first kappa shape index (κ1) is 33.1. The molecule has 43 heavy (non-hydrogen) atoms. The predicted octanol–water partition coefficient (Wildman–Crippen LogP) is 8.66. The smallest absolute Gasteiger partial charge is 0.261 e. The molecule has 228 valence electrons. The first-order chi connectivity index (χ1) is 20.5. The highest BCUT2D eigenvalue weighted by Gasteiger charge is 2.49. The number of hydrogen-bond donors (Lipinski definition) is 0. The summed E-state index contributed by atoms with van der Waals surface area (Å²) in [5.74, 6) is -1.41. The normalized spacial score (nSPS) is 13.2. The zero-order valence-electron chi connectivity index (χ0n) is 24.9. The molecule has 0 N–H and O–H groups in total. The molecule has 0 fully saturated rings. The third kappa shape index (κ3) is 7.63. The zero-order chi connectivity index (χ0) is 31.1. The Balaban J connectivity index is 1.45.